The number of benzene rings is 2. The quantitative estimate of drug-likeness (QED) is 0.890. The first-order chi connectivity index (χ1) is 10.6. The van der Waals surface area contributed by atoms with Gasteiger partial charge >= 0.3 is 6.03 Å². The van der Waals surface area contributed by atoms with E-state index >= 15 is 0 Å². The second-order valence-electron chi connectivity index (χ2n) is 5.32. The highest BCUT2D eigenvalue weighted by atomic mass is 16.2. The van der Waals surface area contributed by atoms with Crippen LogP contribution < -0.4 is 11.1 Å². The van der Waals surface area contributed by atoms with Gasteiger partial charge in [-0.25, -0.2) is 4.79 Å². The van der Waals surface area contributed by atoms with Crippen molar-refractivity contribution in [3.8, 4) is 0 Å². The molecule has 0 saturated heterocycles. The first-order valence-electron chi connectivity index (χ1n) is 7.14. The Kier molecular flexibility index (Phi) is 3.78. The number of anilines is 1. The molecule has 1 aliphatic rings. The molecule has 1 unspecified atom stereocenters. The van der Waals surface area contributed by atoms with Gasteiger partial charge in [0.2, 0.25) is 5.91 Å². The molecule has 3 amide bonds. The third-order valence-electron chi connectivity index (χ3n) is 3.86. The van der Waals surface area contributed by atoms with Crippen LogP contribution in [0.2, 0.25) is 0 Å². The molecule has 0 fully saturated rings. The van der Waals surface area contributed by atoms with E-state index in [1.54, 1.807) is 12.1 Å². The summed E-state index contributed by atoms with van der Waals surface area (Å²) in [7, 11) is 0. The fourth-order valence-electron chi connectivity index (χ4n) is 2.71. The van der Waals surface area contributed by atoms with E-state index in [-0.39, 0.29) is 6.03 Å². The highest BCUT2D eigenvalue weighted by molar-refractivity contribution is 5.93. The molecule has 1 heterocycles. The van der Waals surface area contributed by atoms with E-state index in [1.165, 1.54) is 4.90 Å². The molecular formula is C17H17N3O2. The zero-order valence-corrected chi connectivity index (χ0v) is 12.0. The first kappa shape index (κ1) is 14.1. The van der Waals surface area contributed by atoms with E-state index in [2.05, 4.69) is 5.32 Å². The Hall–Kier alpha value is -2.82. The number of primary amides is 1. The van der Waals surface area contributed by atoms with Gasteiger partial charge in [-0.05, 0) is 23.3 Å². The summed E-state index contributed by atoms with van der Waals surface area (Å²) in [6.45, 7) is 0.377. The molecule has 2 aromatic carbocycles. The number of para-hydroxylation sites is 1. The molecular weight excluding hydrogens is 278 g/mol. The molecule has 112 valence electrons. The number of nitrogens with one attached hydrogen (secondary N) is 1. The Bertz CT molecular complexity index is 700. The molecule has 1 aliphatic heterocycles. The monoisotopic (exact) mass is 295 g/mol. The van der Waals surface area contributed by atoms with E-state index in [9.17, 15) is 9.59 Å². The fraction of sp³-hybridized carbons (Fsp3) is 0.176. The molecule has 0 aromatic heterocycles. The summed E-state index contributed by atoms with van der Waals surface area (Å²) in [5.41, 5.74) is 8.28. The zero-order valence-electron chi connectivity index (χ0n) is 12.0. The highest BCUT2D eigenvalue weighted by Crippen LogP contribution is 2.24. The number of carbonyl (C=O) groups excluding carboxylic acids is 2. The Balaban J connectivity index is 1.84. The summed E-state index contributed by atoms with van der Waals surface area (Å²) in [6.07, 6.45) is 0.452. The standard InChI is InChI=1S/C17H17N3O2/c18-16(21)15-10-12-6-4-5-7-13(12)11-20(15)17(22)19-14-8-2-1-3-9-14/h1-9,15H,10-11H2,(H2,18,21)(H,19,22). The zero-order chi connectivity index (χ0) is 15.5. The molecule has 0 spiro atoms. The molecule has 0 bridgehead atoms. The lowest BCUT2D eigenvalue weighted by atomic mass is 9.94. The summed E-state index contributed by atoms with van der Waals surface area (Å²) >= 11 is 0. The highest BCUT2D eigenvalue weighted by Gasteiger charge is 2.33. The van der Waals surface area contributed by atoms with Crippen LogP contribution in [0.15, 0.2) is 54.6 Å². The molecule has 3 rings (SSSR count). The van der Waals surface area contributed by atoms with Crippen molar-refractivity contribution in [3.63, 3.8) is 0 Å². The normalized spacial score (nSPS) is 16.7. The van der Waals surface area contributed by atoms with Crippen LogP contribution in [0, 0.1) is 0 Å². The molecule has 3 N–H and O–H groups in total. The topological polar surface area (TPSA) is 75.4 Å². The Labute approximate surface area is 128 Å². The smallest absolute Gasteiger partial charge is 0.322 e. The van der Waals surface area contributed by atoms with Crippen molar-refractivity contribution < 1.29 is 9.59 Å². The van der Waals surface area contributed by atoms with Gasteiger partial charge in [0.25, 0.3) is 0 Å². The van der Waals surface area contributed by atoms with E-state index in [4.69, 9.17) is 5.73 Å². The number of rotatable bonds is 2. The van der Waals surface area contributed by atoms with Gasteiger partial charge in [-0.3, -0.25) is 4.79 Å². The Morgan fingerprint density at radius 2 is 1.64 bits per heavy atom. The minimum atomic E-state index is -0.626. The number of hydrogen-bond donors (Lipinski definition) is 2. The molecule has 5 nitrogen and oxygen atoms in total. The lowest BCUT2D eigenvalue weighted by Gasteiger charge is -2.35. The predicted molar refractivity (Wildman–Crippen MR) is 84.1 cm³/mol. The molecule has 5 heteroatoms. The summed E-state index contributed by atoms with van der Waals surface area (Å²) in [4.78, 5) is 25.7. The number of amides is 3. The largest absolute Gasteiger partial charge is 0.368 e. The van der Waals surface area contributed by atoms with Crippen LogP contribution in [0.3, 0.4) is 0 Å². The summed E-state index contributed by atoms with van der Waals surface area (Å²) in [6, 6.07) is 16.0. The Morgan fingerprint density at radius 3 is 2.32 bits per heavy atom. The van der Waals surface area contributed by atoms with E-state index in [1.807, 2.05) is 42.5 Å². The molecule has 0 saturated carbocycles. The second kappa shape index (κ2) is 5.89. The van der Waals surface area contributed by atoms with Gasteiger partial charge in [0.05, 0.1) is 0 Å². The fourth-order valence-corrected chi connectivity index (χ4v) is 2.71. The Morgan fingerprint density at radius 1 is 1.00 bits per heavy atom. The number of carbonyl (C=O) groups is 2. The van der Waals surface area contributed by atoms with E-state index in [0.717, 1.165) is 11.1 Å². The molecule has 2 aromatic rings. The van der Waals surface area contributed by atoms with Crippen molar-refractivity contribution in [2.45, 2.75) is 19.0 Å². The third-order valence-corrected chi connectivity index (χ3v) is 3.86. The van der Waals surface area contributed by atoms with Crippen molar-refractivity contribution in [2.75, 3.05) is 5.32 Å². The van der Waals surface area contributed by atoms with Gasteiger partial charge in [0.1, 0.15) is 6.04 Å². The van der Waals surface area contributed by atoms with Gasteiger partial charge in [0.15, 0.2) is 0 Å². The van der Waals surface area contributed by atoms with Crippen LogP contribution in [0.5, 0.6) is 0 Å². The van der Waals surface area contributed by atoms with Crippen molar-refractivity contribution in [3.05, 3.63) is 65.7 Å². The van der Waals surface area contributed by atoms with Crippen LogP contribution in [0.4, 0.5) is 10.5 Å². The predicted octanol–water partition coefficient (Wildman–Crippen LogP) is 2.13. The molecule has 0 radical (unpaired) electrons. The maximum absolute atomic E-state index is 12.5. The van der Waals surface area contributed by atoms with Gasteiger partial charge < -0.3 is 16.0 Å². The molecule has 0 aliphatic carbocycles. The average molecular weight is 295 g/mol. The lowest BCUT2D eigenvalue weighted by molar-refractivity contribution is -0.122. The third kappa shape index (κ3) is 2.79. The second-order valence-corrected chi connectivity index (χ2v) is 5.32. The van der Waals surface area contributed by atoms with Gasteiger partial charge in [-0.1, -0.05) is 42.5 Å². The van der Waals surface area contributed by atoms with Crippen LogP contribution in [-0.4, -0.2) is 22.9 Å². The van der Waals surface area contributed by atoms with Crippen LogP contribution in [0.25, 0.3) is 0 Å². The van der Waals surface area contributed by atoms with Crippen molar-refractivity contribution in [2.24, 2.45) is 5.73 Å². The summed E-state index contributed by atoms with van der Waals surface area (Å²) in [5.74, 6) is -0.488. The minimum absolute atomic E-state index is 0.315. The summed E-state index contributed by atoms with van der Waals surface area (Å²) < 4.78 is 0. The van der Waals surface area contributed by atoms with Crippen molar-refractivity contribution in [1.82, 2.24) is 4.90 Å². The van der Waals surface area contributed by atoms with Gasteiger partial charge in [-0.2, -0.15) is 0 Å². The van der Waals surface area contributed by atoms with Crippen LogP contribution in [0.1, 0.15) is 11.1 Å². The van der Waals surface area contributed by atoms with E-state index < -0.39 is 11.9 Å². The number of nitrogens with two attached hydrogens (primary N) is 1. The lowest BCUT2D eigenvalue weighted by Crippen LogP contribution is -2.52. The molecule has 1 atom stereocenters. The average Bonchev–Trinajstić information content (AvgIpc) is 2.54. The van der Waals surface area contributed by atoms with Crippen LogP contribution >= 0.6 is 0 Å². The number of nitrogens with zero attached hydrogens (tertiary/aromatic N) is 1. The van der Waals surface area contributed by atoms with Crippen molar-refractivity contribution in [1.29, 1.82) is 0 Å². The first-order valence-corrected chi connectivity index (χ1v) is 7.14. The number of urea groups is 1. The maximum atomic E-state index is 12.5. The molecule has 22 heavy (non-hydrogen) atoms. The van der Waals surface area contributed by atoms with Crippen molar-refractivity contribution >= 4 is 17.6 Å². The number of hydrogen-bond acceptors (Lipinski definition) is 2. The SMILES string of the molecule is NC(=O)C1Cc2ccccc2CN1C(=O)Nc1ccccc1. The van der Waals surface area contributed by atoms with Crippen LogP contribution in [-0.2, 0) is 17.8 Å². The van der Waals surface area contributed by atoms with Gasteiger partial charge in [-0.15, -0.1) is 0 Å². The minimum Gasteiger partial charge on any atom is -0.368 e. The van der Waals surface area contributed by atoms with E-state index in [0.29, 0.717) is 18.7 Å². The number of fused-ring (bicyclic) bond motifs is 1. The maximum Gasteiger partial charge on any atom is 0.322 e. The van der Waals surface area contributed by atoms with Gasteiger partial charge in [0, 0.05) is 18.7 Å². The summed E-state index contributed by atoms with van der Waals surface area (Å²) in [5, 5.41) is 2.81.